The van der Waals surface area contributed by atoms with Gasteiger partial charge in [-0.2, -0.15) is 12.6 Å². The fraction of sp³-hybridized carbons (Fsp3) is 0.944. The minimum absolute atomic E-state index is 0.127. The van der Waals surface area contributed by atoms with Crippen LogP contribution in [0.4, 0.5) is 4.79 Å². The Labute approximate surface area is 157 Å². The van der Waals surface area contributed by atoms with Crippen LogP contribution in [0.1, 0.15) is 46.5 Å². The van der Waals surface area contributed by atoms with Crippen LogP contribution in [0.25, 0.3) is 0 Å². The molecule has 2 heterocycles. The fourth-order valence-corrected chi connectivity index (χ4v) is 4.12. The molecule has 25 heavy (non-hydrogen) atoms. The van der Waals surface area contributed by atoms with Crippen LogP contribution in [0.15, 0.2) is 0 Å². The van der Waals surface area contributed by atoms with Gasteiger partial charge in [0.1, 0.15) is 5.60 Å². The molecular weight excluding hydrogens is 338 g/mol. The molecule has 0 aromatic carbocycles. The Hall–Kier alpha value is -0.500. The highest BCUT2D eigenvalue weighted by Gasteiger charge is 2.34. The number of ether oxygens (including phenoxy) is 2. The van der Waals surface area contributed by atoms with Gasteiger partial charge < -0.3 is 25.0 Å². The maximum absolute atomic E-state index is 12.4. The van der Waals surface area contributed by atoms with Gasteiger partial charge in [0.15, 0.2) is 0 Å². The lowest BCUT2D eigenvalue weighted by Gasteiger charge is -2.40. The van der Waals surface area contributed by atoms with Gasteiger partial charge in [0.05, 0.1) is 5.37 Å². The molecule has 2 rings (SSSR count). The number of amides is 1. The molecule has 0 saturated carbocycles. The second kappa shape index (κ2) is 9.44. The first-order valence-electron chi connectivity index (χ1n) is 9.45. The number of carbonyl (C=O) groups excluding carboxylic acids is 1. The Morgan fingerprint density at radius 3 is 2.60 bits per heavy atom. The van der Waals surface area contributed by atoms with Crippen LogP contribution >= 0.6 is 12.6 Å². The zero-order chi connectivity index (χ0) is 18.4. The topological polar surface area (TPSA) is 62.8 Å². The van der Waals surface area contributed by atoms with Crippen LogP contribution in [0, 0.1) is 5.92 Å². The molecule has 2 aliphatic heterocycles. The van der Waals surface area contributed by atoms with Gasteiger partial charge in [-0.1, -0.05) is 0 Å². The molecule has 146 valence electrons. The number of likely N-dealkylation sites (tertiary alicyclic amines) is 1. The fourth-order valence-electron chi connectivity index (χ4n) is 3.63. The Balaban J connectivity index is 1.87. The van der Waals surface area contributed by atoms with Crippen molar-refractivity contribution in [2.45, 2.75) is 69.5 Å². The molecule has 3 unspecified atom stereocenters. The lowest BCUT2D eigenvalue weighted by molar-refractivity contribution is 0.0125. The third-order valence-corrected chi connectivity index (χ3v) is 5.29. The average molecular weight is 374 g/mol. The molecule has 0 bridgehead atoms. The van der Waals surface area contributed by atoms with E-state index in [1.54, 1.807) is 0 Å². The number of hydrogen-bond donors (Lipinski definition) is 3. The average Bonchev–Trinajstić information content (AvgIpc) is 2.54. The number of rotatable bonds is 5. The molecule has 0 aromatic heterocycles. The first-order valence-corrected chi connectivity index (χ1v) is 9.97. The van der Waals surface area contributed by atoms with Crippen molar-refractivity contribution in [2.24, 2.45) is 5.92 Å². The summed E-state index contributed by atoms with van der Waals surface area (Å²) in [7, 11) is 2.00. The van der Waals surface area contributed by atoms with Crippen molar-refractivity contribution in [1.29, 1.82) is 0 Å². The van der Waals surface area contributed by atoms with E-state index in [1.165, 1.54) is 0 Å². The lowest BCUT2D eigenvalue weighted by Crippen LogP contribution is -2.52. The molecule has 0 spiro atoms. The molecule has 3 atom stereocenters. The summed E-state index contributed by atoms with van der Waals surface area (Å²) in [5, 5.41) is 7.15. The SMILES string of the molecule is CNC1CCN(C(=O)OC(C)(C)C)CC1CC(S)NC1CCOCC1. The molecule has 0 radical (unpaired) electrons. The van der Waals surface area contributed by atoms with E-state index in [0.29, 0.717) is 24.5 Å². The number of nitrogens with zero attached hydrogens (tertiary/aromatic N) is 1. The summed E-state index contributed by atoms with van der Waals surface area (Å²) in [4.78, 5) is 14.2. The van der Waals surface area contributed by atoms with Crippen molar-refractivity contribution in [3.05, 3.63) is 0 Å². The Morgan fingerprint density at radius 1 is 1.32 bits per heavy atom. The molecule has 6 nitrogen and oxygen atoms in total. The number of carbonyl (C=O) groups is 1. The number of piperidine rings is 1. The molecular formula is C18H35N3O3S. The Kier molecular flexibility index (Phi) is 7.86. The highest BCUT2D eigenvalue weighted by atomic mass is 32.1. The van der Waals surface area contributed by atoms with Crippen molar-refractivity contribution < 1.29 is 14.3 Å². The number of thiol groups is 1. The zero-order valence-corrected chi connectivity index (χ0v) is 17.0. The standard InChI is InChI=1S/C18H35N3O3S/c1-18(2,3)24-17(22)21-8-5-15(19-4)13(12-21)11-16(25)20-14-6-9-23-10-7-14/h13-16,19-20,25H,5-12H2,1-4H3. The van der Waals surface area contributed by atoms with E-state index in [-0.39, 0.29) is 11.5 Å². The molecule has 7 heteroatoms. The van der Waals surface area contributed by atoms with Crippen molar-refractivity contribution in [1.82, 2.24) is 15.5 Å². The minimum atomic E-state index is -0.455. The van der Waals surface area contributed by atoms with E-state index in [9.17, 15) is 4.79 Å². The van der Waals surface area contributed by atoms with Crippen molar-refractivity contribution >= 4 is 18.7 Å². The van der Waals surface area contributed by atoms with Gasteiger partial charge in [0.2, 0.25) is 0 Å². The van der Waals surface area contributed by atoms with Crippen LogP contribution in [0.3, 0.4) is 0 Å². The number of nitrogens with one attached hydrogen (secondary N) is 2. The first kappa shape index (κ1) is 20.8. The molecule has 2 saturated heterocycles. The third-order valence-electron chi connectivity index (χ3n) is 4.93. The van der Waals surface area contributed by atoms with E-state index in [4.69, 9.17) is 22.1 Å². The summed E-state index contributed by atoms with van der Waals surface area (Å²) in [5.74, 6) is 0.362. The first-order chi connectivity index (χ1) is 11.8. The van der Waals surface area contributed by atoms with Crippen molar-refractivity contribution in [3.8, 4) is 0 Å². The molecule has 0 aromatic rings. The molecule has 0 aliphatic carbocycles. The molecule has 2 fully saturated rings. The van der Waals surface area contributed by atoms with Gasteiger partial charge in [-0.05, 0) is 59.4 Å². The lowest BCUT2D eigenvalue weighted by atomic mass is 9.89. The quantitative estimate of drug-likeness (QED) is 0.510. The van der Waals surface area contributed by atoms with E-state index in [0.717, 1.165) is 45.4 Å². The van der Waals surface area contributed by atoms with Crippen molar-refractivity contribution in [3.63, 3.8) is 0 Å². The van der Waals surface area contributed by atoms with Gasteiger partial charge in [0, 0.05) is 38.4 Å². The van der Waals surface area contributed by atoms with Gasteiger partial charge in [-0.3, -0.25) is 0 Å². The van der Waals surface area contributed by atoms with Gasteiger partial charge in [-0.25, -0.2) is 4.79 Å². The largest absolute Gasteiger partial charge is 0.444 e. The van der Waals surface area contributed by atoms with Crippen LogP contribution < -0.4 is 10.6 Å². The zero-order valence-electron chi connectivity index (χ0n) is 16.1. The smallest absolute Gasteiger partial charge is 0.410 e. The van der Waals surface area contributed by atoms with Crippen LogP contribution in [0.5, 0.6) is 0 Å². The molecule has 2 N–H and O–H groups in total. The second-order valence-electron chi connectivity index (χ2n) is 8.18. The Bertz CT molecular complexity index is 424. The maximum Gasteiger partial charge on any atom is 0.410 e. The summed E-state index contributed by atoms with van der Waals surface area (Å²) in [6.07, 6.45) is 3.74. The predicted molar refractivity (Wildman–Crippen MR) is 103 cm³/mol. The van der Waals surface area contributed by atoms with E-state index >= 15 is 0 Å². The molecule has 1 amide bonds. The monoisotopic (exact) mass is 373 g/mol. The van der Waals surface area contributed by atoms with Gasteiger partial charge in [0.25, 0.3) is 0 Å². The van der Waals surface area contributed by atoms with E-state index in [1.807, 2.05) is 32.7 Å². The van der Waals surface area contributed by atoms with Crippen LogP contribution in [0.2, 0.25) is 0 Å². The summed E-state index contributed by atoms with van der Waals surface area (Å²) in [6.45, 7) is 8.83. The van der Waals surface area contributed by atoms with Crippen LogP contribution in [-0.4, -0.2) is 67.4 Å². The van der Waals surface area contributed by atoms with Gasteiger partial charge >= 0.3 is 6.09 Å². The summed E-state index contributed by atoms with van der Waals surface area (Å²) in [6, 6.07) is 0.889. The summed E-state index contributed by atoms with van der Waals surface area (Å²) < 4.78 is 11.0. The van der Waals surface area contributed by atoms with Crippen molar-refractivity contribution in [2.75, 3.05) is 33.4 Å². The number of hydrogen-bond acceptors (Lipinski definition) is 6. The normalized spacial score (nSPS) is 27.2. The molecule has 2 aliphatic rings. The van der Waals surface area contributed by atoms with Crippen LogP contribution in [-0.2, 0) is 9.47 Å². The third kappa shape index (κ3) is 6.96. The van der Waals surface area contributed by atoms with E-state index in [2.05, 4.69) is 10.6 Å². The second-order valence-corrected chi connectivity index (χ2v) is 8.80. The highest BCUT2D eigenvalue weighted by molar-refractivity contribution is 7.80. The minimum Gasteiger partial charge on any atom is -0.444 e. The summed E-state index contributed by atoms with van der Waals surface area (Å²) >= 11 is 4.77. The van der Waals surface area contributed by atoms with E-state index < -0.39 is 5.60 Å². The Morgan fingerprint density at radius 2 is 2.00 bits per heavy atom. The summed E-state index contributed by atoms with van der Waals surface area (Å²) in [5.41, 5.74) is -0.455. The maximum atomic E-state index is 12.4. The van der Waals surface area contributed by atoms with Gasteiger partial charge in [-0.15, -0.1) is 0 Å². The predicted octanol–water partition coefficient (Wildman–Crippen LogP) is 2.25. The highest BCUT2D eigenvalue weighted by Crippen LogP contribution is 2.25.